The molecule has 3 N–H and O–H groups in total. The molecule has 8 heteroatoms. The summed E-state index contributed by atoms with van der Waals surface area (Å²) in [5.41, 5.74) is 0.967. The Kier molecular flexibility index (Phi) is 6.60. The molecule has 2 aromatic rings. The zero-order chi connectivity index (χ0) is 17.7. The van der Waals surface area contributed by atoms with Crippen molar-refractivity contribution in [2.75, 3.05) is 17.2 Å². The van der Waals surface area contributed by atoms with Crippen LogP contribution in [0.1, 0.15) is 32.4 Å². The predicted octanol–water partition coefficient (Wildman–Crippen LogP) is 3.78. The number of anilines is 2. The van der Waals surface area contributed by atoms with Crippen molar-refractivity contribution < 1.29 is 5.11 Å². The maximum absolute atomic E-state index is 9.40. The summed E-state index contributed by atoms with van der Waals surface area (Å²) in [6, 6.07) is 5.28. The molecule has 0 spiro atoms. The average molecular weight is 370 g/mol. The summed E-state index contributed by atoms with van der Waals surface area (Å²) in [6.45, 7) is 6.01. The molecule has 0 aliphatic carbocycles. The van der Waals surface area contributed by atoms with Crippen LogP contribution >= 0.6 is 23.2 Å². The van der Waals surface area contributed by atoms with Gasteiger partial charge in [-0.15, -0.1) is 0 Å². The van der Waals surface area contributed by atoms with E-state index < -0.39 is 0 Å². The van der Waals surface area contributed by atoms with Gasteiger partial charge >= 0.3 is 0 Å². The van der Waals surface area contributed by atoms with Gasteiger partial charge in [0.15, 0.2) is 0 Å². The molecule has 130 valence electrons. The standard InChI is InChI=1S/C16H21Cl2N5O/c1-9(2)14(7-24)22-16-20-8-19-15(23-16)21-10(3)11-4-5-12(17)13(18)6-11/h4-6,8-10,14,24H,7H2,1-3H3,(H2,19,20,21,22,23)/t10-,14-/m1/s1. The molecule has 0 saturated carbocycles. The summed E-state index contributed by atoms with van der Waals surface area (Å²) in [4.78, 5) is 12.6. The second kappa shape index (κ2) is 8.46. The van der Waals surface area contributed by atoms with E-state index >= 15 is 0 Å². The van der Waals surface area contributed by atoms with E-state index in [4.69, 9.17) is 23.2 Å². The first-order chi connectivity index (χ1) is 11.4. The molecule has 2 rings (SSSR count). The highest BCUT2D eigenvalue weighted by Gasteiger charge is 2.14. The van der Waals surface area contributed by atoms with Crippen LogP contribution in [0.2, 0.25) is 10.0 Å². The van der Waals surface area contributed by atoms with E-state index in [1.165, 1.54) is 6.33 Å². The molecule has 0 bridgehead atoms. The van der Waals surface area contributed by atoms with E-state index in [-0.39, 0.29) is 24.6 Å². The normalized spacial score (nSPS) is 13.6. The smallest absolute Gasteiger partial charge is 0.227 e. The maximum Gasteiger partial charge on any atom is 0.227 e. The minimum Gasteiger partial charge on any atom is -0.394 e. The van der Waals surface area contributed by atoms with E-state index in [9.17, 15) is 5.11 Å². The highest BCUT2D eigenvalue weighted by molar-refractivity contribution is 6.42. The zero-order valence-electron chi connectivity index (χ0n) is 13.8. The molecule has 0 aliphatic rings. The van der Waals surface area contributed by atoms with Gasteiger partial charge in [0.1, 0.15) is 6.33 Å². The van der Waals surface area contributed by atoms with Crippen LogP contribution in [0.4, 0.5) is 11.9 Å². The Balaban J connectivity index is 2.09. The molecule has 24 heavy (non-hydrogen) atoms. The molecule has 2 atom stereocenters. The van der Waals surface area contributed by atoms with Gasteiger partial charge in [-0.25, -0.2) is 9.97 Å². The van der Waals surface area contributed by atoms with Crippen molar-refractivity contribution in [2.24, 2.45) is 5.92 Å². The van der Waals surface area contributed by atoms with Crippen molar-refractivity contribution in [2.45, 2.75) is 32.9 Å². The first-order valence-corrected chi connectivity index (χ1v) is 8.44. The van der Waals surface area contributed by atoms with Crippen LogP contribution in [-0.4, -0.2) is 32.7 Å². The molecule has 1 aromatic heterocycles. The molecular weight excluding hydrogens is 349 g/mol. The van der Waals surface area contributed by atoms with E-state index in [1.807, 2.05) is 32.9 Å². The fourth-order valence-corrected chi connectivity index (χ4v) is 2.39. The lowest BCUT2D eigenvalue weighted by atomic mass is 10.1. The van der Waals surface area contributed by atoms with Crippen molar-refractivity contribution in [1.29, 1.82) is 0 Å². The number of aliphatic hydroxyl groups is 1. The Morgan fingerprint density at radius 1 is 1.04 bits per heavy atom. The summed E-state index contributed by atoms with van der Waals surface area (Å²) in [6.07, 6.45) is 1.42. The SMILES string of the molecule is CC(C)[C@@H](CO)Nc1ncnc(N[C@H](C)c2ccc(Cl)c(Cl)c2)n1. The van der Waals surface area contributed by atoms with Crippen molar-refractivity contribution in [3.63, 3.8) is 0 Å². The van der Waals surface area contributed by atoms with Gasteiger partial charge in [-0.05, 0) is 30.5 Å². The molecule has 1 heterocycles. The molecule has 0 radical (unpaired) electrons. The third kappa shape index (κ3) is 4.93. The van der Waals surface area contributed by atoms with Crippen LogP contribution in [-0.2, 0) is 0 Å². The average Bonchev–Trinajstić information content (AvgIpc) is 2.55. The molecule has 6 nitrogen and oxygen atoms in total. The first-order valence-electron chi connectivity index (χ1n) is 7.68. The van der Waals surface area contributed by atoms with Crippen molar-refractivity contribution in [3.05, 3.63) is 40.1 Å². The Hall–Kier alpha value is -1.63. The van der Waals surface area contributed by atoms with Crippen LogP contribution in [0.5, 0.6) is 0 Å². The predicted molar refractivity (Wildman–Crippen MR) is 97.7 cm³/mol. The Morgan fingerprint density at radius 2 is 1.71 bits per heavy atom. The lowest BCUT2D eigenvalue weighted by molar-refractivity contribution is 0.248. The molecule has 1 aromatic carbocycles. The number of nitrogens with one attached hydrogen (secondary N) is 2. The van der Waals surface area contributed by atoms with Crippen LogP contribution in [0.15, 0.2) is 24.5 Å². The maximum atomic E-state index is 9.40. The summed E-state index contributed by atoms with van der Waals surface area (Å²) >= 11 is 12.0. The van der Waals surface area contributed by atoms with Gasteiger partial charge in [-0.2, -0.15) is 4.98 Å². The van der Waals surface area contributed by atoms with Gasteiger partial charge in [-0.3, -0.25) is 0 Å². The fraction of sp³-hybridized carbons (Fsp3) is 0.438. The van der Waals surface area contributed by atoms with Crippen LogP contribution < -0.4 is 10.6 Å². The van der Waals surface area contributed by atoms with Gasteiger partial charge in [0, 0.05) is 0 Å². The second-order valence-corrected chi connectivity index (χ2v) is 6.66. The van der Waals surface area contributed by atoms with Crippen molar-refractivity contribution >= 4 is 35.1 Å². The van der Waals surface area contributed by atoms with Crippen LogP contribution in [0.3, 0.4) is 0 Å². The number of hydrogen-bond acceptors (Lipinski definition) is 6. The number of hydrogen-bond donors (Lipinski definition) is 3. The quantitative estimate of drug-likeness (QED) is 0.688. The number of nitrogens with zero attached hydrogens (tertiary/aromatic N) is 3. The van der Waals surface area contributed by atoms with Crippen molar-refractivity contribution in [3.8, 4) is 0 Å². The summed E-state index contributed by atoms with van der Waals surface area (Å²) < 4.78 is 0. The largest absolute Gasteiger partial charge is 0.394 e. The van der Waals surface area contributed by atoms with Gasteiger partial charge < -0.3 is 15.7 Å². The van der Waals surface area contributed by atoms with Crippen LogP contribution in [0, 0.1) is 5.92 Å². The summed E-state index contributed by atoms with van der Waals surface area (Å²) in [5, 5.41) is 16.7. The van der Waals surface area contributed by atoms with Crippen LogP contribution in [0.25, 0.3) is 0 Å². The Morgan fingerprint density at radius 3 is 2.29 bits per heavy atom. The second-order valence-electron chi connectivity index (χ2n) is 5.85. The van der Waals surface area contributed by atoms with E-state index in [2.05, 4.69) is 25.6 Å². The number of aromatic nitrogens is 3. The first kappa shape index (κ1) is 18.7. The van der Waals surface area contributed by atoms with Gasteiger partial charge in [0.25, 0.3) is 0 Å². The minimum absolute atomic E-state index is 0.00574. The van der Waals surface area contributed by atoms with E-state index in [1.54, 1.807) is 6.07 Å². The zero-order valence-corrected chi connectivity index (χ0v) is 15.3. The van der Waals surface area contributed by atoms with Crippen molar-refractivity contribution in [1.82, 2.24) is 15.0 Å². The molecule has 0 aliphatic heterocycles. The number of rotatable bonds is 7. The lowest BCUT2D eigenvalue weighted by Crippen LogP contribution is -2.30. The van der Waals surface area contributed by atoms with E-state index in [0.29, 0.717) is 21.9 Å². The van der Waals surface area contributed by atoms with Gasteiger partial charge in [0.2, 0.25) is 11.9 Å². The molecule has 0 fully saturated rings. The lowest BCUT2D eigenvalue weighted by Gasteiger charge is -2.20. The van der Waals surface area contributed by atoms with Gasteiger partial charge in [-0.1, -0.05) is 43.1 Å². The highest BCUT2D eigenvalue weighted by Crippen LogP contribution is 2.26. The monoisotopic (exact) mass is 369 g/mol. The Bertz CT molecular complexity index is 683. The Labute approximate surface area is 151 Å². The molecule has 0 unspecified atom stereocenters. The number of aliphatic hydroxyl groups excluding tert-OH is 1. The molecular formula is C16H21Cl2N5O. The molecule has 0 saturated heterocycles. The highest BCUT2D eigenvalue weighted by atomic mass is 35.5. The summed E-state index contributed by atoms with van der Waals surface area (Å²) in [7, 11) is 0. The van der Waals surface area contributed by atoms with Gasteiger partial charge in [0.05, 0.1) is 28.7 Å². The fourth-order valence-electron chi connectivity index (χ4n) is 2.08. The van der Waals surface area contributed by atoms with E-state index in [0.717, 1.165) is 5.56 Å². The third-order valence-electron chi connectivity index (χ3n) is 3.68. The third-order valence-corrected chi connectivity index (χ3v) is 4.42. The summed E-state index contributed by atoms with van der Waals surface area (Å²) in [5.74, 6) is 1.10. The molecule has 0 amide bonds. The number of benzene rings is 1. The topological polar surface area (TPSA) is 83.0 Å². The minimum atomic E-state index is -0.118. The number of halogens is 2.